The minimum atomic E-state index is -0.386. The van der Waals surface area contributed by atoms with E-state index in [1.807, 2.05) is 36.1 Å². The molecule has 0 aliphatic carbocycles. The number of aryl methyl sites for hydroxylation is 1. The van der Waals surface area contributed by atoms with Crippen LogP contribution in [-0.2, 0) is 9.53 Å². The van der Waals surface area contributed by atoms with Gasteiger partial charge in [-0.2, -0.15) is 0 Å². The number of hydrogen-bond acceptors (Lipinski definition) is 4. The Morgan fingerprint density at radius 3 is 2.29 bits per heavy atom. The monoisotopic (exact) mass is 353 g/mol. The summed E-state index contributed by atoms with van der Waals surface area (Å²) in [7, 11) is 0. The molecule has 2 fully saturated rings. The maximum atomic E-state index is 12.5. The highest BCUT2D eigenvalue weighted by Crippen LogP contribution is 2.12. The molecule has 6 nitrogen and oxygen atoms in total. The minimum absolute atomic E-state index is 0. The third kappa shape index (κ3) is 4.26. The Hall–Kier alpha value is -1.63. The standard InChI is InChI=1S/C17H23N3O3.ClH/c1-13-2-4-14(5-3-13)16(21)19-7-9-20(10-8-19)17(22)15-12-18-6-11-23-15;/h2-5,15,18H,6-12H2,1H3;1H. The molecule has 1 N–H and O–H groups in total. The van der Waals surface area contributed by atoms with Crippen LogP contribution < -0.4 is 5.32 Å². The molecule has 0 spiro atoms. The fourth-order valence-electron chi connectivity index (χ4n) is 2.94. The van der Waals surface area contributed by atoms with Crippen molar-refractivity contribution in [1.29, 1.82) is 0 Å². The van der Waals surface area contributed by atoms with E-state index in [0.717, 1.165) is 12.1 Å². The van der Waals surface area contributed by atoms with Crippen molar-refractivity contribution in [3.05, 3.63) is 35.4 Å². The van der Waals surface area contributed by atoms with Gasteiger partial charge in [0.1, 0.15) is 6.10 Å². The third-order valence-electron chi connectivity index (χ3n) is 4.38. The van der Waals surface area contributed by atoms with E-state index in [4.69, 9.17) is 4.74 Å². The van der Waals surface area contributed by atoms with Gasteiger partial charge in [0.05, 0.1) is 6.61 Å². The van der Waals surface area contributed by atoms with E-state index < -0.39 is 0 Å². The Morgan fingerprint density at radius 2 is 1.71 bits per heavy atom. The van der Waals surface area contributed by atoms with Crippen LogP contribution in [0.15, 0.2) is 24.3 Å². The van der Waals surface area contributed by atoms with Gasteiger partial charge in [-0.05, 0) is 19.1 Å². The molecular formula is C17H24ClN3O3. The van der Waals surface area contributed by atoms with E-state index in [0.29, 0.717) is 44.9 Å². The van der Waals surface area contributed by atoms with Gasteiger partial charge in [-0.3, -0.25) is 9.59 Å². The Kier molecular flexibility index (Phi) is 6.60. The lowest BCUT2D eigenvalue weighted by Crippen LogP contribution is -2.56. The van der Waals surface area contributed by atoms with Crippen molar-refractivity contribution in [1.82, 2.24) is 15.1 Å². The zero-order valence-electron chi connectivity index (χ0n) is 13.9. The van der Waals surface area contributed by atoms with Gasteiger partial charge in [-0.15, -0.1) is 12.4 Å². The summed E-state index contributed by atoms with van der Waals surface area (Å²) in [5, 5.41) is 3.17. The number of piperazine rings is 1. The normalized spacial score (nSPS) is 21.1. The average Bonchev–Trinajstić information content (AvgIpc) is 2.62. The van der Waals surface area contributed by atoms with Gasteiger partial charge in [0.25, 0.3) is 11.8 Å². The van der Waals surface area contributed by atoms with E-state index in [9.17, 15) is 9.59 Å². The second kappa shape index (κ2) is 8.46. The summed E-state index contributed by atoms with van der Waals surface area (Å²) in [5.74, 6) is 0.0623. The first-order valence-electron chi connectivity index (χ1n) is 8.12. The van der Waals surface area contributed by atoms with Gasteiger partial charge >= 0.3 is 0 Å². The van der Waals surface area contributed by atoms with E-state index in [-0.39, 0.29) is 30.3 Å². The smallest absolute Gasteiger partial charge is 0.253 e. The highest BCUT2D eigenvalue weighted by atomic mass is 35.5. The molecule has 2 aliphatic rings. The summed E-state index contributed by atoms with van der Waals surface area (Å²) in [6, 6.07) is 7.61. The summed E-state index contributed by atoms with van der Waals surface area (Å²) in [5.41, 5.74) is 1.84. The molecule has 3 rings (SSSR count). The molecule has 0 bridgehead atoms. The summed E-state index contributed by atoms with van der Waals surface area (Å²) < 4.78 is 5.51. The fourth-order valence-corrected chi connectivity index (χ4v) is 2.94. The quantitative estimate of drug-likeness (QED) is 0.849. The molecule has 2 saturated heterocycles. The van der Waals surface area contributed by atoms with Crippen LogP contribution in [0.2, 0.25) is 0 Å². The molecule has 1 atom stereocenters. The lowest BCUT2D eigenvalue weighted by atomic mass is 10.1. The van der Waals surface area contributed by atoms with Crippen molar-refractivity contribution >= 4 is 24.2 Å². The highest BCUT2D eigenvalue weighted by molar-refractivity contribution is 5.94. The number of rotatable bonds is 2. The molecule has 1 aromatic rings. The molecule has 1 unspecified atom stereocenters. The van der Waals surface area contributed by atoms with Crippen LogP contribution in [0.1, 0.15) is 15.9 Å². The lowest BCUT2D eigenvalue weighted by Gasteiger charge is -2.37. The predicted octanol–water partition coefficient (Wildman–Crippen LogP) is 0.690. The molecule has 2 aliphatic heterocycles. The summed E-state index contributed by atoms with van der Waals surface area (Å²) in [6.45, 7) is 6.21. The second-order valence-corrected chi connectivity index (χ2v) is 6.05. The summed E-state index contributed by atoms with van der Waals surface area (Å²) >= 11 is 0. The number of ether oxygens (including phenoxy) is 1. The molecule has 2 heterocycles. The maximum absolute atomic E-state index is 12.5. The van der Waals surface area contributed by atoms with Crippen molar-refractivity contribution in [2.45, 2.75) is 13.0 Å². The van der Waals surface area contributed by atoms with Crippen molar-refractivity contribution in [3.63, 3.8) is 0 Å². The number of carbonyl (C=O) groups excluding carboxylic acids is 2. The minimum Gasteiger partial charge on any atom is -0.366 e. The summed E-state index contributed by atoms with van der Waals surface area (Å²) in [6.07, 6.45) is -0.386. The van der Waals surface area contributed by atoms with Gasteiger partial charge < -0.3 is 19.9 Å². The zero-order chi connectivity index (χ0) is 16.2. The van der Waals surface area contributed by atoms with E-state index in [1.165, 1.54) is 0 Å². The van der Waals surface area contributed by atoms with Crippen molar-refractivity contribution in [2.75, 3.05) is 45.9 Å². The molecule has 0 saturated carbocycles. The van der Waals surface area contributed by atoms with Crippen LogP contribution in [-0.4, -0.2) is 73.6 Å². The molecule has 24 heavy (non-hydrogen) atoms. The number of nitrogens with zero attached hydrogens (tertiary/aromatic N) is 2. The van der Waals surface area contributed by atoms with Crippen LogP contribution in [0.5, 0.6) is 0 Å². The Labute approximate surface area is 148 Å². The topological polar surface area (TPSA) is 61.9 Å². The first kappa shape index (κ1) is 18.7. The average molecular weight is 354 g/mol. The summed E-state index contributed by atoms with van der Waals surface area (Å²) in [4.78, 5) is 28.5. The molecule has 0 aromatic heterocycles. The molecule has 7 heteroatoms. The van der Waals surface area contributed by atoms with Crippen molar-refractivity contribution < 1.29 is 14.3 Å². The number of benzene rings is 1. The molecule has 2 amide bonds. The zero-order valence-corrected chi connectivity index (χ0v) is 14.7. The van der Waals surface area contributed by atoms with Gasteiger partial charge in [0.2, 0.25) is 0 Å². The highest BCUT2D eigenvalue weighted by Gasteiger charge is 2.30. The van der Waals surface area contributed by atoms with Gasteiger partial charge in [0, 0.05) is 44.8 Å². The predicted molar refractivity (Wildman–Crippen MR) is 93.5 cm³/mol. The van der Waals surface area contributed by atoms with Crippen molar-refractivity contribution in [2.24, 2.45) is 0 Å². The van der Waals surface area contributed by atoms with Crippen LogP contribution >= 0.6 is 12.4 Å². The van der Waals surface area contributed by atoms with Gasteiger partial charge in [0.15, 0.2) is 0 Å². The van der Waals surface area contributed by atoms with E-state index in [1.54, 1.807) is 4.90 Å². The second-order valence-electron chi connectivity index (χ2n) is 6.05. The molecular weight excluding hydrogens is 330 g/mol. The largest absolute Gasteiger partial charge is 0.366 e. The van der Waals surface area contributed by atoms with Gasteiger partial charge in [-0.1, -0.05) is 17.7 Å². The Balaban J connectivity index is 0.00000208. The maximum Gasteiger partial charge on any atom is 0.253 e. The molecule has 0 radical (unpaired) electrons. The molecule has 132 valence electrons. The van der Waals surface area contributed by atoms with Crippen LogP contribution in [0.25, 0.3) is 0 Å². The number of nitrogens with one attached hydrogen (secondary N) is 1. The lowest BCUT2D eigenvalue weighted by molar-refractivity contribution is -0.146. The van der Waals surface area contributed by atoms with E-state index in [2.05, 4.69) is 5.32 Å². The Morgan fingerprint density at radius 1 is 1.08 bits per heavy atom. The molecule has 1 aromatic carbocycles. The SMILES string of the molecule is Cc1ccc(C(=O)N2CCN(C(=O)C3CNCCO3)CC2)cc1.Cl. The fraction of sp³-hybridized carbons (Fsp3) is 0.529. The van der Waals surface area contributed by atoms with Crippen LogP contribution in [0.4, 0.5) is 0 Å². The first-order chi connectivity index (χ1) is 11.1. The number of amides is 2. The number of hydrogen-bond donors (Lipinski definition) is 1. The Bertz CT molecular complexity index is 565. The van der Waals surface area contributed by atoms with Crippen LogP contribution in [0.3, 0.4) is 0 Å². The first-order valence-corrected chi connectivity index (χ1v) is 8.12. The van der Waals surface area contributed by atoms with E-state index >= 15 is 0 Å². The number of morpholine rings is 1. The number of halogens is 1. The number of carbonyl (C=O) groups is 2. The van der Waals surface area contributed by atoms with Crippen molar-refractivity contribution in [3.8, 4) is 0 Å². The van der Waals surface area contributed by atoms with Gasteiger partial charge in [-0.25, -0.2) is 0 Å². The third-order valence-corrected chi connectivity index (χ3v) is 4.38. The van der Waals surface area contributed by atoms with Crippen LogP contribution in [0, 0.1) is 6.92 Å².